The molecule has 1 N–H and O–H groups in total. The number of fused-ring (bicyclic) bond motifs is 1. The molecule has 0 amide bonds. The van der Waals surface area contributed by atoms with Crippen LogP contribution in [0, 0.1) is 13.8 Å². The summed E-state index contributed by atoms with van der Waals surface area (Å²) < 4.78 is 1.84. The Balaban J connectivity index is 1.58. The summed E-state index contributed by atoms with van der Waals surface area (Å²) >= 11 is 0. The van der Waals surface area contributed by atoms with Crippen molar-refractivity contribution in [2.75, 3.05) is 32.7 Å². The number of rotatable bonds is 7. The Hall–Kier alpha value is -3.36. The number of piperazine rings is 1. The number of pyridine rings is 1. The number of aryl methyl sites for hydroxylation is 2. The monoisotopic (exact) mass is 471 g/mol. The van der Waals surface area contributed by atoms with E-state index in [-0.39, 0.29) is 11.6 Å². The molecule has 0 spiro atoms. The Morgan fingerprint density at radius 3 is 2.54 bits per heavy atom. The van der Waals surface area contributed by atoms with Crippen molar-refractivity contribution < 1.29 is 0 Å². The van der Waals surface area contributed by atoms with E-state index >= 15 is 0 Å². The second-order valence-corrected chi connectivity index (χ2v) is 9.49. The van der Waals surface area contributed by atoms with Gasteiger partial charge in [0.1, 0.15) is 6.04 Å². The highest BCUT2D eigenvalue weighted by Gasteiger charge is 2.32. The van der Waals surface area contributed by atoms with Gasteiger partial charge in [0.2, 0.25) is 0 Å². The molecule has 4 aromatic rings. The second kappa shape index (κ2) is 10.1. The summed E-state index contributed by atoms with van der Waals surface area (Å²) in [7, 11) is 0. The molecule has 8 nitrogen and oxygen atoms in total. The van der Waals surface area contributed by atoms with Gasteiger partial charge in [-0.3, -0.25) is 9.69 Å². The summed E-state index contributed by atoms with van der Waals surface area (Å²) in [5, 5.41) is 13.8. The Bertz CT molecular complexity index is 1350. The van der Waals surface area contributed by atoms with Crippen LogP contribution in [-0.4, -0.2) is 67.7 Å². The molecule has 0 saturated carbocycles. The summed E-state index contributed by atoms with van der Waals surface area (Å²) in [5.41, 5.74) is 4.89. The third-order valence-corrected chi connectivity index (χ3v) is 7.17. The lowest BCUT2D eigenvalue weighted by molar-refractivity contribution is 0.104. The van der Waals surface area contributed by atoms with Crippen molar-refractivity contribution in [1.82, 2.24) is 35.0 Å². The van der Waals surface area contributed by atoms with Gasteiger partial charge in [-0.25, -0.2) is 4.68 Å². The van der Waals surface area contributed by atoms with Crippen molar-refractivity contribution in [3.05, 3.63) is 87.0 Å². The lowest BCUT2D eigenvalue weighted by Gasteiger charge is -2.38. The Kier molecular flexibility index (Phi) is 6.74. The first kappa shape index (κ1) is 23.4. The number of nitrogens with one attached hydrogen (secondary N) is 1. The van der Waals surface area contributed by atoms with Crippen LogP contribution in [0.3, 0.4) is 0 Å². The minimum absolute atomic E-state index is 0.0820. The van der Waals surface area contributed by atoms with E-state index in [1.165, 1.54) is 0 Å². The fraction of sp³-hybridized carbons (Fsp3) is 0.407. The lowest BCUT2D eigenvalue weighted by atomic mass is 9.99. The molecule has 0 unspecified atom stereocenters. The summed E-state index contributed by atoms with van der Waals surface area (Å²) in [6.45, 7) is 11.6. The first-order chi connectivity index (χ1) is 17.0. The summed E-state index contributed by atoms with van der Waals surface area (Å²) in [6, 6.07) is 16.1. The molecule has 1 atom stereocenters. The Morgan fingerprint density at radius 2 is 1.80 bits per heavy atom. The highest BCUT2D eigenvalue weighted by molar-refractivity contribution is 5.83. The van der Waals surface area contributed by atoms with E-state index in [0.717, 1.165) is 66.7 Å². The molecule has 1 aliphatic heterocycles. The van der Waals surface area contributed by atoms with Crippen molar-refractivity contribution >= 4 is 10.9 Å². The van der Waals surface area contributed by atoms with Gasteiger partial charge in [-0.2, -0.15) is 0 Å². The van der Waals surface area contributed by atoms with Crippen LogP contribution in [0.15, 0.2) is 53.3 Å². The van der Waals surface area contributed by atoms with Crippen molar-refractivity contribution in [3.63, 3.8) is 0 Å². The number of aromatic amines is 1. The van der Waals surface area contributed by atoms with Gasteiger partial charge in [-0.15, -0.1) is 5.10 Å². The summed E-state index contributed by atoms with van der Waals surface area (Å²) in [6.07, 6.45) is 1.14. The van der Waals surface area contributed by atoms with E-state index < -0.39 is 0 Å². The minimum Gasteiger partial charge on any atom is -0.321 e. The fourth-order valence-electron chi connectivity index (χ4n) is 5.08. The number of aromatic nitrogens is 5. The Labute approximate surface area is 205 Å². The third-order valence-electron chi connectivity index (χ3n) is 7.17. The molecule has 8 heteroatoms. The van der Waals surface area contributed by atoms with Gasteiger partial charge >= 0.3 is 0 Å². The molecule has 2 aromatic carbocycles. The molecule has 1 saturated heterocycles. The van der Waals surface area contributed by atoms with Crippen LogP contribution in [0.1, 0.15) is 47.5 Å². The third kappa shape index (κ3) is 4.76. The molecule has 2 aromatic heterocycles. The van der Waals surface area contributed by atoms with Crippen LogP contribution in [0.5, 0.6) is 0 Å². The van der Waals surface area contributed by atoms with Crippen LogP contribution in [0.25, 0.3) is 10.9 Å². The van der Waals surface area contributed by atoms with E-state index in [4.69, 9.17) is 0 Å². The van der Waals surface area contributed by atoms with Crippen LogP contribution in [0.2, 0.25) is 0 Å². The van der Waals surface area contributed by atoms with Gasteiger partial charge in [-0.05, 0) is 65.4 Å². The van der Waals surface area contributed by atoms with Gasteiger partial charge in [0.25, 0.3) is 5.56 Å². The molecule has 35 heavy (non-hydrogen) atoms. The van der Waals surface area contributed by atoms with Crippen LogP contribution < -0.4 is 5.56 Å². The number of hydrogen-bond acceptors (Lipinski definition) is 6. The average Bonchev–Trinajstić information content (AvgIpc) is 3.32. The normalized spacial score (nSPS) is 16.1. The zero-order valence-electron chi connectivity index (χ0n) is 20.7. The van der Waals surface area contributed by atoms with Crippen molar-refractivity contribution in [1.29, 1.82) is 0 Å². The van der Waals surface area contributed by atoms with Gasteiger partial charge in [0, 0.05) is 31.7 Å². The zero-order chi connectivity index (χ0) is 24.4. The number of benzene rings is 2. The average molecular weight is 472 g/mol. The quantitative estimate of drug-likeness (QED) is 0.445. The maximum Gasteiger partial charge on any atom is 0.253 e. The first-order valence-electron chi connectivity index (χ1n) is 12.4. The van der Waals surface area contributed by atoms with Crippen molar-refractivity contribution in [2.45, 2.75) is 39.8 Å². The molecule has 3 heterocycles. The first-order valence-corrected chi connectivity index (χ1v) is 12.4. The molecule has 0 radical (unpaired) electrons. The van der Waals surface area contributed by atoms with Crippen molar-refractivity contribution in [2.24, 2.45) is 0 Å². The van der Waals surface area contributed by atoms with E-state index in [0.29, 0.717) is 17.9 Å². The van der Waals surface area contributed by atoms with E-state index in [2.05, 4.69) is 75.3 Å². The smallest absolute Gasteiger partial charge is 0.253 e. The number of tetrazole rings is 1. The second-order valence-electron chi connectivity index (χ2n) is 9.49. The Morgan fingerprint density at radius 1 is 1.03 bits per heavy atom. The van der Waals surface area contributed by atoms with Gasteiger partial charge in [0.15, 0.2) is 5.82 Å². The van der Waals surface area contributed by atoms with Gasteiger partial charge in [0.05, 0.1) is 12.1 Å². The largest absolute Gasteiger partial charge is 0.321 e. The maximum atomic E-state index is 13.5. The highest BCUT2D eigenvalue weighted by Crippen LogP contribution is 2.29. The van der Waals surface area contributed by atoms with E-state index in [1.54, 1.807) is 0 Å². The lowest BCUT2D eigenvalue weighted by Crippen LogP contribution is -2.49. The van der Waals surface area contributed by atoms with Gasteiger partial charge in [-0.1, -0.05) is 49.4 Å². The molecule has 1 fully saturated rings. The van der Waals surface area contributed by atoms with Crippen LogP contribution >= 0.6 is 0 Å². The summed E-state index contributed by atoms with van der Waals surface area (Å²) in [5.74, 6) is 0.700. The molecule has 0 aliphatic carbocycles. The standard InChI is InChI=1S/C27H33N7O/c1-4-12-32-13-15-33(16-14-32)25(26-29-30-31-34(26)18-21-8-6-5-7-9-21)23-17-22-11-10-19(2)20(3)24(22)28-27(23)35/h5-11,17,25H,4,12-16,18H2,1-3H3,(H,28,35)/t25-/m1/s1. The molecule has 0 bridgehead atoms. The number of H-pyrrole nitrogens is 1. The van der Waals surface area contributed by atoms with Gasteiger partial charge < -0.3 is 9.88 Å². The summed E-state index contributed by atoms with van der Waals surface area (Å²) in [4.78, 5) is 21.6. The predicted molar refractivity (Wildman–Crippen MR) is 138 cm³/mol. The van der Waals surface area contributed by atoms with Crippen LogP contribution in [0.4, 0.5) is 0 Å². The SMILES string of the molecule is CCCN1CCN([C@H](c2cc3ccc(C)c(C)c3[nH]c2=O)c2nnnn2Cc2ccccc2)CC1. The minimum atomic E-state index is -0.327. The molecular weight excluding hydrogens is 438 g/mol. The highest BCUT2D eigenvalue weighted by atomic mass is 16.1. The maximum absolute atomic E-state index is 13.5. The molecular formula is C27H33N7O. The molecule has 5 rings (SSSR count). The fourth-order valence-corrected chi connectivity index (χ4v) is 5.08. The van der Waals surface area contributed by atoms with Crippen molar-refractivity contribution in [3.8, 4) is 0 Å². The zero-order valence-corrected chi connectivity index (χ0v) is 20.7. The van der Waals surface area contributed by atoms with E-state index in [9.17, 15) is 4.79 Å². The number of hydrogen-bond donors (Lipinski definition) is 1. The van der Waals surface area contributed by atoms with E-state index in [1.807, 2.05) is 28.9 Å². The van der Waals surface area contributed by atoms with Crippen LogP contribution in [-0.2, 0) is 6.54 Å². The molecule has 1 aliphatic rings. The topological polar surface area (TPSA) is 82.9 Å². The number of nitrogens with zero attached hydrogens (tertiary/aromatic N) is 6. The predicted octanol–water partition coefficient (Wildman–Crippen LogP) is 3.30. The molecule has 182 valence electrons.